The van der Waals surface area contributed by atoms with E-state index in [0.29, 0.717) is 28.3 Å². The zero-order chi connectivity index (χ0) is 20.8. The number of amides is 2. The van der Waals surface area contributed by atoms with Crippen molar-refractivity contribution in [1.82, 2.24) is 5.32 Å². The van der Waals surface area contributed by atoms with Gasteiger partial charge in [-0.1, -0.05) is 41.9 Å². The Bertz CT molecular complexity index is 1010. The Morgan fingerprint density at radius 3 is 2.34 bits per heavy atom. The molecule has 3 rings (SSSR count). The lowest BCUT2D eigenvalue weighted by Gasteiger charge is -2.19. The molecular weight excluding hydrogens is 391 g/mol. The molecular formula is C23H20ClFN2O2. The van der Waals surface area contributed by atoms with E-state index in [1.807, 2.05) is 30.3 Å². The molecule has 1 atom stereocenters. The summed E-state index contributed by atoms with van der Waals surface area (Å²) in [6.07, 6.45) is 0.312. The highest BCUT2D eigenvalue weighted by molar-refractivity contribution is 6.30. The number of anilines is 1. The summed E-state index contributed by atoms with van der Waals surface area (Å²) in [6.45, 7) is 1.71. The van der Waals surface area contributed by atoms with Crippen molar-refractivity contribution in [3.63, 3.8) is 0 Å². The lowest BCUT2D eigenvalue weighted by molar-refractivity contribution is -0.118. The van der Waals surface area contributed by atoms with Gasteiger partial charge in [-0.05, 0) is 60.5 Å². The van der Waals surface area contributed by atoms with Gasteiger partial charge < -0.3 is 10.6 Å². The van der Waals surface area contributed by atoms with Crippen LogP contribution in [0.5, 0.6) is 0 Å². The third kappa shape index (κ3) is 5.65. The van der Waals surface area contributed by atoms with Crippen molar-refractivity contribution in [2.45, 2.75) is 19.4 Å². The first kappa shape index (κ1) is 20.6. The van der Waals surface area contributed by atoms with Crippen LogP contribution in [-0.2, 0) is 11.2 Å². The van der Waals surface area contributed by atoms with Crippen molar-refractivity contribution >= 4 is 29.1 Å². The highest BCUT2D eigenvalue weighted by atomic mass is 35.5. The number of halogens is 2. The van der Waals surface area contributed by atoms with E-state index in [2.05, 4.69) is 10.6 Å². The van der Waals surface area contributed by atoms with Gasteiger partial charge in [-0.3, -0.25) is 9.59 Å². The second-order valence-corrected chi connectivity index (χ2v) is 7.11. The Hall–Kier alpha value is -3.18. The minimum Gasteiger partial charge on any atom is -0.340 e. The van der Waals surface area contributed by atoms with Crippen LogP contribution < -0.4 is 10.6 Å². The molecule has 4 nitrogen and oxygen atoms in total. The SMILES string of the molecule is Cc1cc(F)ccc1NC(=O)C(Cc1ccccc1)NC(=O)c1ccc(Cl)cc1. The second kappa shape index (κ2) is 9.34. The molecule has 0 heterocycles. The number of carbonyl (C=O) groups is 2. The third-order valence-electron chi connectivity index (χ3n) is 4.46. The number of benzene rings is 3. The minimum atomic E-state index is -0.815. The summed E-state index contributed by atoms with van der Waals surface area (Å²) in [5.74, 6) is -1.14. The van der Waals surface area contributed by atoms with Crippen LogP contribution >= 0.6 is 11.6 Å². The van der Waals surface area contributed by atoms with Crippen molar-refractivity contribution in [1.29, 1.82) is 0 Å². The van der Waals surface area contributed by atoms with E-state index < -0.39 is 6.04 Å². The third-order valence-corrected chi connectivity index (χ3v) is 4.71. The van der Waals surface area contributed by atoms with Gasteiger partial charge in [0.25, 0.3) is 5.91 Å². The minimum absolute atomic E-state index is 0.312. The Balaban J connectivity index is 1.80. The zero-order valence-electron chi connectivity index (χ0n) is 15.8. The molecule has 2 amide bonds. The molecule has 3 aromatic rings. The van der Waals surface area contributed by atoms with Gasteiger partial charge in [0.1, 0.15) is 11.9 Å². The number of carbonyl (C=O) groups excluding carboxylic acids is 2. The van der Waals surface area contributed by atoms with E-state index in [-0.39, 0.29) is 17.6 Å². The lowest BCUT2D eigenvalue weighted by Crippen LogP contribution is -2.45. The molecule has 0 saturated heterocycles. The van der Waals surface area contributed by atoms with Crippen LogP contribution in [-0.4, -0.2) is 17.9 Å². The maximum absolute atomic E-state index is 13.3. The van der Waals surface area contributed by atoms with Gasteiger partial charge in [0.2, 0.25) is 5.91 Å². The fourth-order valence-electron chi connectivity index (χ4n) is 2.89. The summed E-state index contributed by atoms with van der Waals surface area (Å²) in [7, 11) is 0. The molecule has 1 unspecified atom stereocenters. The maximum Gasteiger partial charge on any atom is 0.251 e. The number of hydrogen-bond acceptors (Lipinski definition) is 2. The topological polar surface area (TPSA) is 58.2 Å². The molecule has 0 aromatic heterocycles. The van der Waals surface area contributed by atoms with Gasteiger partial charge in [-0.15, -0.1) is 0 Å². The largest absolute Gasteiger partial charge is 0.340 e. The molecule has 2 N–H and O–H groups in total. The van der Waals surface area contributed by atoms with Crippen molar-refractivity contribution in [2.75, 3.05) is 5.32 Å². The molecule has 0 fully saturated rings. The Labute approximate surface area is 173 Å². The lowest BCUT2D eigenvalue weighted by atomic mass is 10.0. The van der Waals surface area contributed by atoms with Crippen LogP contribution in [0.3, 0.4) is 0 Å². The van der Waals surface area contributed by atoms with Crippen molar-refractivity contribution in [3.05, 3.63) is 100 Å². The summed E-state index contributed by atoms with van der Waals surface area (Å²) in [6, 6.07) is 19.1. The molecule has 0 aliphatic carbocycles. The van der Waals surface area contributed by atoms with Gasteiger partial charge in [-0.2, -0.15) is 0 Å². The second-order valence-electron chi connectivity index (χ2n) is 6.67. The summed E-state index contributed by atoms with van der Waals surface area (Å²) < 4.78 is 13.3. The highest BCUT2D eigenvalue weighted by Gasteiger charge is 2.22. The smallest absolute Gasteiger partial charge is 0.251 e. The van der Waals surface area contributed by atoms with Gasteiger partial charge in [0.15, 0.2) is 0 Å². The summed E-state index contributed by atoms with van der Waals surface area (Å²) in [5, 5.41) is 6.09. The first-order valence-electron chi connectivity index (χ1n) is 9.10. The van der Waals surface area contributed by atoms with E-state index >= 15 is 0 Å². The zero-order valence-corrected chi connectivity index (χ0v) is 16.5. The molecule has 0 radical (unpaired) electrons. The molecule has 0 bridgehead atoms. The number of nitrogens with one attached hydrogen (secondary N) is 2. The van der Waals surface area contributed by atoms with E-state index in [1.54, 1.807) is 31.2 Å². The van der Waals surface area contributed by atoms with Crippen molar-refractivity contribution in [2.24, 2.45) is 0 Å². The maximum atomic E-state index is 13.3. The Morgan fingerprint density at radius 1 is 1.00 bits per heavy atom. The number of aryl methyl sites for hydroxylation is 1. The first-order chi connectivity index (χ1) is 13.9. The van der Waals surface area contributed by atoms with Crippen molar-refractivity contribution < 1.29 is 14.0 Å². The molecule has 0 spiro atoms. The van der Waals surface area contributed by atoms with E-state index in [1.165, 1.54) is 18.2 Å². The van der Waals surface area contributed by atoms with Crippen LogP contribution in [0.25, 0.3) is 0 Å². The Kier molecular flexibility index (Phi) is 6.62. The van der Waals surface area contributed by atoms with Crippen LogP contribution in [0.4, 0.5) is 10.1 Å². The monoisotopic (exact) mass is 410 g/mol. The van der Waals surface area contributed by atoms with Crippen LogP contribution in [0.2, 0.25) is 5.02 Å². The molecule has 29 heavy (non-hydrogen) atoms. The van der Waals surface area contributed by atoms with Crippen LogP contribution in [0.1, 0.15) is 21.5 Å². The summed E-state index contributed by atoms with van der Waals surface area (Å²) >= 11 is 5.87. The predicted molar refractivity (Wildman–Crippen MR) is 113 cm³/mol. The average Bonchev–Trinajstić information content (AvgIpc) is 2.70. The van der Waals surface area contributed by atoms with Gasteiger partial charge in [0.05, 0.1) is 0 Å². The standard InChI is InChI=1S/C23H20ClFN2O2/c1-15-13-19(25)11-12-20(15)26-23(29)21(14-16-5-3-2-4-6-16)27-22(28)17-7-9-18(24)10-8-17/h2-13,21H,14H2,1H3,(H,26,29)(H,27,28). The molecule has 0 saturated carbocycles. The molecule has 0 aliphatic heterocycles. The number of hydrogen-bond donors (Lipinski definition) is 2. The summed E-state index contributed by atoms with van der Waals surface area (Å²) in [4.78, 5) is 25.6. The Morgan fingerprint density at radius 2 is 1.69 bits per heavy atom. The van der Waals surface area contributed by atoms with Crippen LogP contribution in [0.15, 0.2) is 72.8 Å². The van der Waals surface area contributed by atoms with Crippen molar-refractivity contribution in [3.8, 4) is 0 Å². The molecule has 0 aliphatic rings. The number of rotatable bonds is 6. The normalized spacial score (nSPS) is 11.6. The van der Waals surface area contributed by atoms with Gasteiger partial charge in [-0.25, -0.2) is 4.39 Å². The van der Waals surface area contributed by atoms with E-state index in [0.717, 1.165) is 5.56 Å². The highest BCUT2D eigenvalue weighted by Crippen LogP contribution is 2.17. The fourth-order valence-corrected chi connectivity index (χ4v) is 3.02. The first-order valence-corrected chi connectivity index (χ1v) is 9.47. The quantitative estimate of drug-likeness (QED) is 0.615. The predicted octanol–water partition coefficient (Wildman–Crippen LogP) is 4.77. The molecule has 6 heteroatoms. The summed E-state index contributed by atoms with van der Waals surface area (Å²) in [5.41, 5.74) is 2.40. The molecule has 3 aromatic carbocycles. The van der Waals surface area contributed by atoms with Gasteiger partial charge >= 0.3 is 0 Å². The average molecular weight is 411 g/mol. The molecule has 148 valence electrons. The fraction of sp³-hybridized carbons (Fsp3) is 0.130. The van der Waals surface area contributed by atoms with E-state index in [9.17, 15) is 14.0 Å². The van der Waals surface area contributed by atoms with Crippen LogP contribution in [0, 0.1) is 12.7 Å². The van der Waals surface area contributed by atoms with Gasteiger partial charge in [0, 0.05) is 22.7 Å². The van der Waals surface area contributed by atoms with E-state index in [4.69, 9.17) is 11.6 Å².